The van der Waals surface area contributed by atoms with Gasteiger partial charge in [0, 0.05) is 31.3 Å². The fourth-order valence-electron chi connectivity index (χ4n) is 4.59. The Labute approximate surface area is 198 Å². The normalized spacial score (nSPS) is 29.3. The number of hydroxylamine groups is 1. The van der Waals surface area contributed by atoms with E-state index in [4.69, 9.17) is 25.9 Å². The molecule has 7 heteroatoms. The number of hydrogen-bond acceptors (Lipinski definition) is 6. The first-order chi connectivity index (χ1) is 15.4. The second kappa shape index (κ2) is 14.3. The Bertz CT molecular complexity index is 643. The molecule has 0 bridgehead atoms. The summed E-state index contributed by atoms with van der Waals surface area (Å²) < 4.78 is 12.3. The van der Waals surface area contributed by atoms with Gasteiger partial charge in [0.25, 0.3) is 0 Å². The number of Topliss-reactive ketones (excluding diaryl/α,β-unsaturated/α-hetero) is 2. The third kappa shape index (κ3) is 8.38. The summed E-state index contributed by atoms with van der Waals surface area (Å²) >= 11 is 5.42. The molecule has 4 unspecified atom stereocenters. The number of ketones is 2. The fourth-order valence-corrected chi connectivity index (χ4v) is 4.66. The van der Waals surface area contributed by atoms with Crippen LogP contribution in [0, 0.1) is 23.7 Å². The first kappa shape index (κ1) is 27.2. The third-order valence-corrected chi connectivity index (χ3v) is 6.55. The quantitative estimate of drug-likeness (QED) is 0.188. The highest BCUT2D eigenvalue weighted by Crippen LogP contribution is 2.40. The topological polar surface area (TPSA) is 73.9 Å². The molecule has 0 radical (unpaired) electrons. The summed E-state index contributed by atoms with van der Waals surface area (Å²) in [5.74, 6) is 1.02. The molecular weight excluding hydrogens is 430 g/mol. The lowest BCUT2D eigenvalue weighted by Gasteiger charge is -2.44. The number of carbonyl (C=O) groups is 2. The molecule has 4 atom stereocenters. The minimum Gasteiger partial charge on any atom is -0.352 e. The molecule has 0 spiro atoms. The van der Waals surface area contributed by atoms with Crippen LogP contribution in [0.15, 0.2) is 23.3 Å². The predicted octanol–water partition coefficient (Wildman–Crippen LogP) is 4.96. The number of nitrogens with one attached hydrogen (secondary N) is 1. The van der Waals surface area contributed by atoms with Gasteiger partial charge in [0.15, 0.2) is 17.9 Å². The van der Waals surface area contributed by atoms with E-state index in [1.165, 1.54) is 5.54 Å². The molecule has 1 saturated heterocycles. The maximum Gasteiger partial charge on any atom is 0.166 e. The Hall–Kier alpha value is -1.05. The Balaban J connectivity index is 1.90. The number of halogens is 1. The highest BCUT2D eigenvalue weighted by molar-refractivity contribution is 6.25. The Morgan fingerprint density at radius 1 is 1.25 bits per heavy atom. The Morgan fingerprint density at radius 2 is 1.97 bits per heavy atom. The van der Waals surface area contributed by atoms with Crippen LogP contribution in [0.4, 0.5) is 0 Å². The van der Waals surface area contributed by atoms with Crippen molar-refractivity contribution in [3.05, 3.63) is 23.3 Å². The molecular formula is C25H40ClNO5. The van der Waals surface area contributed by atoms with Crippen LogP contribution in [0.1, 0.15) is 66.2 Å². The van der Waals surface area contributed by atoms with Crippen molar-refractivity contribution >= 4 is 23.2 Å². The molecule has 1 aliphatic carbocycles. The summed E-state index contributed by atoms with van der Waals surface area (Å²) in [4.78, 5) is 30.8. The smallest absolute Gasteiger partial charge is 0.166 e. The fraction of sp³-hybridized carbons (Fsp3) is 0.760. The lowest BCUT2D eigenvalue weighted by molar-refractivity contribution is -0.239. The molecule has 2 rings (SSSR count). The molecule has 1 aliphatic heterocycles. The van der Waals surface area contributed by atoms with Gasteiger partial charge in [-0.25, -0.2) is 5.48 Å². The van der Waals surface area contributed by atoms with Crippen LogP contribution < -0.4 is 5.48 Å². The second-order valence-electron chi connectivity index (χ2n) is 9.36. The molecule has 2 fully saturated rings. The summed E-state index contributed by atoms with van der Waals surface area (Å²) in [5.41, 5.74) is 4.59. The van der Waals surface area contributed by atoms with Crippen LogP contribution in [0.5, 0.6) is 0 Å². The first-order valence-corrected chi connectivity index (χ1v) is 12.4. The van der Waals surface area contributed by atoms with Crippen LogP contribution in [-0.4, -0.2) is 43.7 Å². The van der Waals surface area contributed by atoms with Gasteiger partial charge < -0.3 is 9.47 Å². The van der Waals surface area contributed by atoms with Gasteiger partial charge in [0.1, 0.15) is 0 Å². The van der Waals surface area contributed by atoms with Crippen molar-refractivity contribution in [3.8, 4) is 0 Å². The molecule has 1 N–H and O–H groups in total. The monoisotopic (exact) mass is 469 g/mol. The van der Waals surface area contributed by atoms with Gasteiger partial charge in [-0.2, -0.15) is 0 Å². The molecule has 0 aromatic heterocycles. The van der Waals surface area contributed by atoms with Crippen LogP contribution in [0.3, 0.4) is 0 Å². The Kier molecular flexibility index (Phi) is 12.1. The molecule has 182 valence electrons. The average Bonchev–Trinajstić information content (AvgIpc) is 2.76. The highest BCUT2D eigenvalue weighted by Gasteiger charge is 2.43. The van der Waals surface area contributed by atoms with E-state index >= 15 is 0 Å². The minimum absolute atomic E-state index is 0.0585. The zero-order chi connectivity index (χ0) is 23.5. The van der Waals surface area contributed by atoms with Crippen molar-refractivity contribution in [2.45, 2.75) is 78.6 Å². The highest BCUT2D eigenvalue weighted by atomic mass is 35.5. The molecule has 1 saturated carbocycles. The van der Waals surface area contributed by atoms with Crippen LogP contribution in [-0.2, 0) is 23.9 Å². The van der Waals surface area contributed by atoms with E-state index in [-0.39, 0.29) is 29.9 Å². The van der Waals surface area contributed by atoms with Gasteiger partial charge in [0.05, 0.1) is 24.9 Å². The van der Waals surface area contributed by atoms with E-state index in [0.717, 1.165) is 19.3 Å². The molecule has 0 aromatic carbocycles. The average molecular weight is 470 g/mol. The van der Waals surface area contributed by atoms with Gasteiger partial charge in [0.2, 0.25) is 0 Å². The van der Waals surface area contributed by atoms with Gasteiger partial charge in [-0.1, -0.05) is 51.8 Å². The van der Waals surface area contributed by atoms with Gasteiger partial charge >= 0.3 is 0 Å². The first-order valence-electron chi connectivity index (χ1n) is 12.0. The minimum atomic E-state index is -0.250. The molecule has 2 aliphatic rings. The van der Waals surface area contributed by atoms with Crippen molar-refractivity contribution in [2.75, 3.05) is 19.8 Å². The largest absolute Gasteiger partial charge is 0.352 e. The molecule has 6 nitrogen and oxygen atoms in total. The third-order valence-electron chi connectivity index (χ3n) is 6.37. The lowest BCUT2D eigenvalue weighted by atomic mass is 9.72. The zero-order valence-electron chi connectivity index (χ0n) is 20.0. The van der Waals surface area contributed by atoms with E-state index in [9.17, 15) is 9.59 Å². The van der Waals surface area contributed by atoms with Crippen molar-refractivity contribution in [2.24, 2.45) is 23.7 Å². The molecule has 0 amide bonds. The summed E-state index contributed by atoms with van der Waals surface area (Å²) in [6.07, 6.45) is 7.18. The standard InChI is InChI=1S/C25H40ClNO5/c1-5-19-15-24(30-16-17(2)3)32-25(18(19)4)20-13-22(28)21(23(29)14-20)9-6-7-11-27-31-12-8-10-26/h8-10,17-20,24-25,27H,5-7,11-16H2,1-4H3. The summed E-state index contributed by atoms with van der Waals surface area (Å²) in [5, 5.41) is 0. The summed E-state index contributed by atoms with van der Waals surface area (Å²) in [6, 6.07) is 0. The van der Waals surface area contributed by atoms with Crippen LogP contribution in [0.25, 0.3) is 0 Å². The van der Waals surface area contributed by atoms with Crippen molar-refractivity contribution in [1.29, 1.82) is 0 Å². The number of allylic oxidation sites excluding steroid dienone is 2. The maximum absolute atomic E-state index is 12.8. The Morgan fingerprint density at radius 3 is 2.59 bits per heavy atom. The van der Waals surface area contributed by atoms with E-state index in [0.29, 0.717) is 62.3 Å². The molecule has 1 heterocycles. The number of rotatable bonds is 12. The number of hydrogen-bond donors (Lipinski definition) is 1. The van der Waals surface area contributed by atoms with Crippen molar-refractivity contribution < 1.29 is 23.9 Å². The summed E-state index contributed by atoms with van der Waals surface area (Å²) in [7, 11) is 0. The number of ether oxygens (including phenoxy) is 2. The van der Waals surface area contributed by atoms with Gasteiger partial charge in [-0.3, -0.25) is 14.4 Å². The number of unbranched alkanes of at least 4 members (excludes halogenated alkanes) is 1. The van der Waals surface area contributed by atoms with Gasteiger partial charge in [-0.15, -0.1) is 0 Å². The lowest BCUT2D eigenvalue weighted by Crippen LogP contribution is -2.47. The zero-order valence-corrected chi connectivity index (χ0v) is 20.7. The van der Waals surface area contributed by atoms with Gasteiger partial charge in [-0.05, 0) is 42.6 Å². The van der Waals surface area contributed by atoms with E-state index in [1.807, 2.05) is 0 Å². The molecule has 0 aromatic rings. The van der Waals surface area contributed by atoms with Crippen LogP contribution in [0.2, 0.25) is 0 Å². The van der Waals surface area contributed by atoms with Crippen LogP contribution >= 0.6 is 11.6 Å². The maximum atomic E-state index is 12.8. The SMILES string of the molecule is CCC1CC(OCC(C)C)OC(C2CC(=O)C(=CCCCNOCC=CCl)C(=O)C2)C1C. The number of carbonyl (C=O) groups excluding carboxylic acids is 2. The van der Waals surface area contributed by atoms with E-state index in [1.54, 1.807) is 12.2 Å². The molecule has 32 heavy (non-hydrogen) atoms. The summed E-state index contributed by atoms with van der Waals surface area (Å²) in [6.45, 7) is 10.3. The van der Waals surface area contributed by atoms with Crippen molar-refractivity contribution in [1.82, 2.24) is 5.48 Å². The van der Waals surface area contributed by atoms with E-state index in [2.05, 4.69) is 33.2 Å². The predicted molar refractivity (Wildman–Crippen MR) is 126 cm³/mol. The second-order valence-corrected chi connectivity index (χ2v) is 9.61. The van der Waals surface area contributed by atoms with E-state index < -0.39 is 0 Å². The van der Waals surface area contributed by atoms with Crippen molar-refractivity contribution in [3.63, 3.8) is 0 Å².